The van der Waals surface area contributed by atoms with Crippen molar-refractivity contribution in [1.29, 1.82) is 0 Å². The Morgan fingerprint density at radius 3 is 2.12 bits per heavy atom. The van der Waals surface area contributed by atoms with Crippen LogP contribution in [0.25, 0.3) is 0 Å². The first-order chi connectivity index (χ1) is 12.5. The van der Waals surface area contributed by atoms with Crippen molar-refractivity contribution in [3.8, 4) is 11.5 Å². The van der Waals surface area contributed by atoms with E-state index in [9.17, 15) is 19.1 Å². The minimum absolute atomic E-state index is 0.113. The maximum absolute atomic E-state index is 15.0. The molecule has 0 fully saturated rings. The maximum atomic E-state index is 15.0. The molecule has 0 amide bonds. The van der Waals surface area contributed by atoms with Crippen LogP contribution < -0.4 is 4.74 Å². The van der Waals surface area contributed by atoms with Crippen LogP contribution in [-0.4, -0.2) is 16.9 Å². The van der Waals surface area contributed by atoms with Crippen molar-refractivity contribution in [3.63, 3.8) is 0 Å². The first-order valence-corrected chi connectivity index (χ1v) is 7.94. The largest absolute Gasteiger partial charge is 0.478 e. The number of rotatable bonds is 5. The Morgan fingerprint density at radius 2 is 1.46 bits per heavy atom. The van der Waals surface area contributed by atoms with E-state index >= 15 is 0 Å². The van der Waals surface area contributed by atoms with Gasteiger partial charge < -0.3 is 9.84 Å². The van der Waals surface area contributed by atoms with Crippen LogP contribution in [0.1, 0.15) is 26.3 Å². The Kier molecular flexibility index (Phi) is 5.00. The van der Waals surface area contributed by atoms with Crippen LogP contribution in [-0.2, 0) is 0 Å². The van der Waals surface area contributed by atoms with E-state index in [0.29, 0.717) is 0 Å². The Bertz CT molecular complexity index is 986. The smallest absolute Gasteiger partial charge is 0.339 e. The van der Waals surface area contributed by atoms with Crippen molar-refractivity contribution >= 4 is 23.4 Å². The van der Waals surface area contributed by atoms with Gasteiger partial charge in [0.25, 0.3) is 0 Å². The zero-order chi connectivity index (χ0) is 18.7. The van der Waals surface area contributed by atoms with Crippen LogP contribution in [0.3, 0.4) is 0 Å². The molecule has 0 aliphatic heterocycles. The fraction of sp³-hybridized carbons (Fsp3) is 0. The molecule has 3 rings (SSSR count). The molecule has 0 bridgehead atoms. The van der Waals surface area contributed by atoms with Gasteiger partial charge in [0.2, 0.25) is 0 Å². The molecule has 0 unspecified atom stereocenters. The zero-order valence-electron chi connectivity index (χ0n) is 13.3. The third kappa shape index (κ3) is 3.43. The molecule has 0 heterocycles. The quantitative estimate of drug-likeness (QED) is 0.627. The number of benzene rings is 3. The standard InChI is InChI=1S/C20H12ClFO4/c21-16-9-5-4-8-13(16)18(23)14-10-11-15(20(24)25)19(17(14)22)26-12-6-2-1-3-7-12/h1-11H,(H,24,25). The molecule has 0 aliphatic rings. The summed E-state index contributed by atoms with van der Waals surface area (Å²) in [5.74, 6) is -3.37. The van der Waals surface area contributed by atoms with Gasteiger partial charge in [0.05, 0.1) is 10.6 Å². The van der Waals surface area contributed by atoms with E-state index in [1.54, 1.807) is 42.5 Å². The highest BCUT2D eigenvalue weighted by Crippen LogP contribution is 2.32. The zero-order valence-corrected chi connectivity index (χ0v) is 14.0. The molecule has 0 spiro atoms. The van der Waals surface area contributed by atoms with E-state index in [2.05, 4.69) is 0 Å². The fourth-order valence-corrected chi connectivity index (χ4v) is 2.62. The molecule has 4 nitrogen and oxygen atoms in total. The van der Waals surface area contributed by atoms with Crippen molar-refractivity contribution in [1.82, 2.24) is 0 Å². The fourth-order valence-electron chi connectivity index (χ4n) is 2.40. The topological polar surface area (TPSA) is 63.6 Å². The highest BCUT2D eigenvalue weighted by Gasteiger charge is 2.25. The van der Waals surface area contributed by atoms with Crippen molar-refractivity contribution in [2.75, 3.05) is 0 Å². The minimum atomic E-state index is -1.37. The second-order valence-corrected chi connectivity index (χ2v) is 5.74. The van der Waals surface area contributed by atoms with Crippen LogP contribution in [0.2, 0.25) is 5.02 Å². The van der Waals surface area contributed by atoms with Crippen molar-refractivity contribution < 1.29 is 23.8 Å². The van der Waals surface area contributed by atoms with Gasteiger partial charge in [-0.25, -0.2) is 9.18 Å². The van der Waals surface area contributed by atoms with Gasteiger partial charge in [-0.1, -0.05) is 41.9 Å². The predicted octanol–water partition coefficient (Wildman–Crippen LogP) is 5.20. The number of carbonyl (C=O) groups is 2. The van der Waals surface area contributed by atoms with Crippen LogP contribution in [0.15, 0.2) is 66.7 Å². The number of ether oxygens (including phenoxy) is 1. The normalized spacial score (nSPS) is 10.4. The Hall–Kier alpha value is -3.18. The Balaban J connectivity index is 2.11. The third-order valence-electron chi connectivity index (χ3n) is 3.65. The molecular weight excluding hydrogens is 359 g/mol. The van der Waals surface area contributed by atoms with Crippen LogP contribution in [0, 0.1) is 5.82 Å². The highest BCUT2D eigenvalue weighted by atomic mass is 35.5. The van der Waals surface area contributed by atoms with Crippen LogP contribution in [0.5, 0.6) is 11.5 Å². The van der Waals surface area contributed by atoms with Crippen LogP contribution in [0.4, 0.5) is 4.39 Å². The lowest BCUT2D eigenvalue weighted by Crippen LogP contribution is -2.10. The van der Waals surface area contributed by atoms with Gasteiger partial charge in [0.1, 0.15) is 11.3 Å². The number of ketones is 1. The number of carboxylic acids is 1. The molecular formula is C20H12ClFO4. The number of halogens is 2. The minimum Gasteiger partial charge on any atom is -0.478 e. The lowest BCUT2D eigenvalue weighted by atomic mass is 10.0. The molecule has 0 radical (unpaired) electrons. The summed E-state index contributed by atoms with van der Waals surface area (Å²) in [4.78, 5) is 24.1. The molecule has 0 atom stereocenters. The summed E-state index contributed by atoms with van der Waals surface area (Å²) in [6.07, 6.45) is 0. The molecule has 0 saturated carbocycles. The third-order valence-corrected chi connectivity index (χ3v) is 3.98. The number of para-hydroxylation sites is 1. The highest BCUT2D eigenvalue weighted by molar-refractivity contribution is 6.35. The predicted molar refractivity (Wildman–Crippen MR) is 94.8 cm³/mol. The first-order valence-electron chi connectivity index (χ1n) is 7.57. The van der Waals surface area contributed by atoms with Gasteiger partial charge in [-0.05, 0) is 36.4 Å². The van der Waals surface area contributed by atoms with E-state index in [0.717, 1.165) is 12.1 Å². The first kappa shape index (κ1) is 17.6. The van der Waals surface area contributed by atoms with E-state index < -0.39 is 23.3 Å². The molecule has 3 aromatic rings. The van der Waals surface area contributed by atoms with Crippen molar-refractivity contribution in [3.05, 3.63) is 94.3 Å². The average molecular weight is 371 g/mol. The van der Waals surface area contributed by atoms with Gasteiger partial charge in [-0.3, -0.25) is 4.79 Å². The van der Waals surface area contributed by atoms with E-state index in [4.69, 9.17) is 16.3 Å². The summed E-state index contributed by atoms with van der Waals surface area (Å²) >= 11 is 6.00. The monoisotopic (exact) mass is 370 g/mol. The molecule has 130 valence electrons. The summed E-state index contributed by atoms with van der Waals surface area (Å²) in [6, 6.07) is 16.6. The molecule has 6 heteroatoms. The molecule has 26 heavy (non-hydrogen) atoms. The lowest BCUT2D eigenvalue weighted by molar-refractivity contribution is 0.0692. The molecule has 3 aromatic carbocycles. The van der Waals surface area contributed by atoms with Crippen molar-refractivity contribution in [2.45, 2.75) is 0 Å². The summed E-state index contributed by atoms with van der Waals surface area (Å²) in [5.41, 5.74) is -0.599. The van der Waals surface area contributed by atoms with Gasteiger partial charge in [0, 0.05) is 5.56 Å². The number of carboxylic acid groups (broad SMARTS) is 1. The second-order valence-electron chi connectivity index (χ2n) is 5.33. The van der Waals surface area contributed by atoms with Crippen LogP contribution >= 0.6 is 11.6 Å². The number of carbonyl (C=O) groups excluding carboxylic acids is 1. The van der Waals surface area contributed by atoms with E-state index in [1.165, 1.54) is 12.1 Å². The summed E-state index contributed by atoms with van der Waals surface area (Å²) < 4.78 is 20.4. The summed E-state index contributed by atoms with van der Waals surface area (Å²) in [6.45, 7) is 0. The summed E-state index contributed by atoms with van der Waals surface area (Å²) in [5, 5.41) is 9.48. The lowest BCUT2D eigenvalue weighted by Gasteiger charge is -2.13. The molecule has 0 aromatic heterocycles. The maximum Gasteiger partial charge on any atom is 0.339 e. The summed E-state index contributed by atoms with van der Waals surface area (Å²) in [7, 11) is 0. The van der Waals surface area contributed by atoms with Gasteiger partial charge >= 0.3 is 5.97 Å². The molecule has 0 aliphatic carbocycles. The SMILES string of the molecule is O=C(c1ccccc1Cl)c1ccc(C(=O)O)c(Oc2ccccc2)c1F. The number of aromatic carboxylic acids is 1. The Morgan fingerprint density at radius 1 is 0.846 bits per heavy atom. The average Bonchev–Trinajstić information content (AvgIpc) is 2.64. The molecule has 1 N–H and O–H groups in total. The second kappa shape index (κ2) is 7.37. The van der Waals surface area contributed by atoms with E-state index in [-0.39, 0.29) is 27.5 Å². The number of hydrogen-bond donors (Lipinski definition) is 1. The van der Waals surface area contributed by atoms with Gasteiger partial charge in [-0.15, -0.1) is 0 Å². The molecule has 0 saturated heterocycles. The van der Waals surface area contributed by atoms with Gasteiger partial charge in [-0.2, -0.15) is 0 Å². The number of hydrogen-bond acceptors (Lipinski definition) is 3. The van der Waals surface area contributed by atoms with E-state index in [1.807, 2.05) is 0 Å². The van der Waals surface area contributed by atoms with Crippen molar-refractivity contribution in [2.24, 2.45) is 0 Å². The Labute approximate surface area is 153 Å². The van der Waals surface area contributed by atoms with Gasteiger partial charge in [0.15, 0.2) is 17.3 Å².